The van der Waals surface area contributed by atoms with Crippen LogP contribution in [0.3, 0.4) is 0 Å². The summed E-state index contributed by atoms with van der Waals surface area (Å²) in [6.07, 6.45) is 8.29. The van der Waals surface area contributed by atoms with Crippen molar-refractivity contribution in [3.8, 4) is 0 Å². The molecule has 1 N–H and O–H groups in total. The maximum Gasteiger partial charge on any atom is 0.112 e. The molecule has 0 saturated heterocycles. The quantitative estimate of drug-likeness (QED) is 0.744. The molecule has 2 rings (SSSR count). The zero-order valence-electron chi connectivity index (χ0n) is 10.8. The standard InChI is InChI=1S/C14H24O2/c1-4-5-7-13(15)9-11(2)12-6-8-14(13,10-12)16-3/h9,12,15H,4-8,10H2,1-3H3/t12-,13-,14-/m0/s1. The van der Waals surface area contributed by atoms with E-state index in [2.05, 4.69) is 19.9 Å². The Bertz CT molecular complexity index is 297. The highest BCUT2D eigenvalue weighted by Gasteiger charge is 2.56. The van der Waals surface area contributed by atoms with Gasteiger partial charge in [0.05, 0.1) is 0 Å². The summed E-state index contributed by atoms with van der Waals surface area (Å²) in [5.74, 6) is 0.641. The number of aliphatic hydroxyl groups is 1. The van der Waals surface area contributed by atoms with E-state index < -0.39 is 5.60 Å². The van der Waals surface area contributed by atoms with E-state index in [1.165, 1.54) is 12.0 Å². The molecule has 0 aromatic carbocycles. The van der Waals surface area contributed by atoms with E-state index in [0.29, 0.717) is 5.92 Å². The van der Waals surface area contributed by atoms with Crippen molar-refractivity contribution in [3.05, 3.63) is 11.6 Å². The molecule has 2 bridgehead atoms. The third-order valence-electron chi connectivity index (χ3n) is 4.67. The Morgan fingerprint density at radius 3 is 2.94 bits per heavy atom. The fourth-order valence-corrected chi connectivity index (χ4v) is 3.53. The second-order valence-electron chi connectivity index (χ2n) is 5.55. The molecule has 16 heavy (non-hydrogen) atoms. The summed E-state index contributed by atoms with van der Waals surface area (Å²) in [5, 5.41) is 10.9. The second-order valence-corrected chi connectivity index (χ2v) is 5.55. The maximum absolute atomic E-state index is 10.9. The predicted octanol–water partition coefficient (Wildman–Crippen LogP) is 3.05. The lowest BCUT2D eigenvalue weighted by molar-refractivity contribution is -0.150. The van der Waals surface area contributed by atoms with Crippen LogP contribution in [-0.4, -0.2) is 23.4 Å². The van der Waals surface area contributed by atoms with E-state index >= 15 is 0 Å². The SMILES string of the molecule is CCCC[C@]1(O)C=C(C)[C@H]2CC[C@]1(OC)C2. The predicted molar refractivity (Wildman–Crippen MR) is 65.3 cm³/mol. The minimum Gasteiger partial charge on any atom is -0.383 e. The fraction of sp³-hybridized carbons (Fsp3) is 0.857. The van der Waals surface area contributed by atoms with Gasteiger partial charge < -0.3 is 9.84 Å². The molecule has 0 heterocycles. The van der Waals surface area contributed by atoms with E-state index in [-0.39, 0.29) is 5.60 Å². The molecule has 2 nitrogen and oxygen atoms in total. The molecular formula is C14H24O2. The lowest BCUT2D eigenvalue weighted by Crippen LogP contribution is -2.54. The molecule has 0 unspecified atom stereocenters. The highest BCUT2D eigenvalue weighted by Crippen LogP contribution is 2.53. The van der Waals surface area contributed by atoms with E-state index in [9.17, 15) is 5.11 Å². The molecule has 0 aromatic heterocycles. The summed E-state index contributed by atoms with van der Waals surface area (Å²) < 4.78 is 5.74. The first kappa shape index (κ1) is 12.1. The molecule has 1 saturated carbocycles. The lowest BCUT2D eigenvalue weighted by atomic mass is 9.72. The molecular weight excluding hydrogens is 200 g/mol. The van der Waals surface area contributed by atoms with Gasteiger partial charge in [-0.15, -0.1) is 0 Å². The lowest BCUT2D eigenvalue weighted by Gasteiger charge is -2.45. The molecule has 0 spiro atoms. The zero-order valence-corrected chi connectivity index (χ0v) is 10.8. The minimum absolute atomic E-state index is 0.299. The Morgan fingerprint density at radius 2 is 2.31 bits per heavy atom. The smallest absolute Gasteiger partial charge is 0.112 e. The third-order valence-corrected chi connectivity index (χ3v) is 4.67. The fourth-order valence-electron chi connectivity index (χ4n) is 3.53. The minimum atomic E-state index is -0.727. The molecule has 2 heteroatoms. The molecule has 0 aliphatic heterocycles. The normalized spacial score (nSPS) is 42.2. The Hall–Kier alpha value is -0.340. The van der Waals surface area contributed by atoms with Crippen LogP contribution in [0.25, 0.3) is 0 Å². The van der Waals surface area contributed by atoms with Crippen LogP contribution in [0.4, 0.5) is 0 Å². The molecule has 2 aliphatic carbocycles. The third kappa shape index (κ3) is 1.63. The zero-order chi connectivity index (χ0) is 11.8. The summed E-state index contributed by atoms with van der Waals surface area (Å²) in [6.45, 7) is 4.33. The van der Waals surface area contributed by atoms with Crippen molar-refractivity contribution in [3.63, 3.8) is 0 Å². The van der Waals surface area contributed by atoms with Crippen LogP contribution in [0.5, 0.6) is 0 Å². The van der Waals surface area contributed by atoms with Crippen LogP contribution in [0.2, 0.25) is 0 Å². The first-order valence-corrected chi connectivity index (χ1v) is 6.54. The van der Waals surface area contributed by atoms with Gasteiger partial charge in [-0.3, -0.25) is 0 Å². The van der Waals surface area contributed by atoms with Crippen LogP contribution in [0.1, 0.15) is 52.4 Å². The monoisotopic (exact) mass is 224 g/mol. The van der Waals surface area contributed by atoms with Crippen molar-refractivity contribution < 1.29 is 9.84 Å². The van der Waals surface area contributed by atoms with Crippen molar-refractivity contribution >= 4 is 0 Å². The number of hydrogen-bond donors (Lipinski definition) is 1. The van der Waals surface area contributed by atoms with Gasteiger partial charge in [0, 0.05) is 7.11 Å². The van der Waals surface area contributed by atoms with Crippen LogP contribution in [0, 0.1) is 5.92 Å². The van der Waals surface area contributed by atoms with Gasteiger partial charge in [0.2, 0.25) is 0 Å². The number of methoxy groups -OCH3 is 1. The first-order chi connectivity index (χ1) is 7.57. The molecule has 2 aliphatic rings. The van der Waals surface area contributed by atoms with E-state index in [1.54, 1.807) is 7.11 Å². The van der Waals surface area contributed by atoms with Gasteiger partial charge in [0.1, 0.15) is 11.2 Å². The van der Waals surface area contributed by atoms with Gasteiger partial charge in [-0.25, -0.2) is 0 Å². The summed E-state index contributed by atoms with van der Waals surface area (Å²) in [5.41, 5.74) is 0.338. The Morgan fingerprint density at radius 1 is 1.56 bits per heavy atom. The number of fused-ring (bicyclic) bond motifs is 2. The van der Waals surface area contributed by atoms with Gasteiger partial charge in [0.15, 0.2) is 0 Å². The van der Waals surface area contributed by atoms with Crippen molar-refractivity contribution in [2.24, 2.45) is 5.92 Å². The topological polar surface area (TPSA) is 29.5 Å². The number of rotatable bonds is 4. The summed E-state index contributed by atoms with van der Waals surface area (Å²) >= 11 is 0. The Labute approximate surface area is 98.7 Å². The van der Waals surface area contributed by atoms with E-state index in [4.69, 9.17) is 4.74 Å². The van der Waals surface area contributed by atoms with Gasteiger partial charge in [-0.1, -0.05) is 31.4 Å². The van der Waals surface area contributed by atoms with Crippen molar-refractivity contribution in [1.82, 2.24) is 0 Å². The van der Waals surface area contributed by atoms with E-state index in [0.717, 1.165) is 32.1 Å². The summed E-state index contributed by atoms with van der Waals surface area (Å²) in [6, 6.07) is 0. The maximum atomic E-state index is 10.9. The van der Waals surface area contributed by atoms with E-state index in [1.807, 2.05) is 0 Å². The van der Waals surface area contributed by atoms with Crippen molar-refractivity contribution in [2.45, 2.75) is 63.6 Å². The van der Waals surface area contributed by atoms with Crippen LogP contribution in [-0.2, 0) is 4.74 Å². The summed E-state index contributed by atoms with van der Waals surface area (Å²) in [4.78, 5) is 0. The highest BCUT2D eigenvalue weighted by atomic mass is 16.5. The highest BCUT2D eigenvalue weighted by molar-refractivity contribution is 5.28. The number of hydrogen-bond acceptors (Lipinski definition) is 2. The molecule has 0 amide bonds. The van der Waals surface area contributed by atoms with Gasteiger partial charge >= 0.3 is 0 Å². The number of allylic oxidation sites excluding steroid dienone is 1. The Kier molecular flexibility index (Phi) is 3.15. The van der Waals surface area contributed by atoms with Crippen LogP contribution >= 0.6 is 0 Å². The number of ether oxygens (including phenoxy) is 1. The molecule has 92 valence electrons. The average Bonchev–Trinajstić information content (AvgIpc) is 2.68. The molecule has 1 fully saturated rings. The van der Waals surface area contributed by atoms with Crippen molar-refractivity contribution in [2.75, 3.05) is 7.11 Å². The van der Waals surface area contributed by atoms with Crippen molar-refractivity contribution in [1.29, 1.82) is 0 Å². The second kappa shape index (κ2) is 4.15. The Balaban J connectivity index is 2.29. The van der Waals surface area contributed by atoms with Gasteiger partial charge in [-0.2, -0.15) is 0 Å². The number of unbranched alkanes of at least 4 members (excludes halogenated alkanes) is 1. The molecule has 3 atom stereocenters. The van der Waals surface area contributed by atoms with Crippen LogP contribution < -0.4 is 0 Å². The average molecular weight is 224 g/mol. The van der Waals surface area contributed by atoms with Gasteiger partial charge in [-0.05, 0) is 38.5 Å². The molecule has 0 radical (unpaired) electrons. The summed E-state index contributed by atoms with van der Waals surface area (Å²) in [7, 11) is 1.76. The van der Waals surface area contributed by atoms with Gasteiger partial charge in [0.25, 0.3) is 0 Å². The largest absolute Gasteiger partial charge is 0.383 e. The first-order valence-electron chi connectivity index (χ1n) is 6.54. The molecule has 0 aromatic rings. The van der Waals surface area contributed by atoms with Crippen LogP contribution in [0.15, 0.2) is 11.6 Å².